The van der Waals surface area contributed by atoms with E-state index >= 15 is 0 Å². The fourth-order valence-corrected chi connectivity index (χ4v) is 8.75. The molecule has 3 heterocycles. The predicted octanol–water partition coefficient (Wildman–Crippen LogP) is 14.2. The topological polar surface area (TPSA) is 50.2 Å². The van der Waals surface area contributed by atoms with Crippen molar-refractivity contribution in [3.05, 3.63) is 100 Å². The minimum absolute atomic E-state index is 0. The maximum atomic E-state index is 11.7. The van der Waals surface area contributed by atoms with Crippen LogP contribution in [0.4, 0.5) is 0 Å². The monoisotopic (exact) mass is 909 g/mol. The smallest absolute Gasteiger partial charge is 0.162 e. The minimum Gasteiger partial charge on any atom is -0.512 e. The molecular weight excluding hydrogens is 855 g/mol. The third-order valence-electron chi connectivity index (χ3n) is 9.97. The molecule has 0 saturated heterocycles. The first-order chi connectivity index (χ1) is 24.4. The first-order valence-electron chi connectivity index (χ1n) is 18.7. The number of nitrogens with zero attached hydrogens (tertiary/aromatic N) is 1. The van der Waals surface area contributed by atoms with Gasteiger partial charge in [-0.2, -0.15) is 0 Å². The second-order valence-electron chi connectivity index (χ2n) is 15.2. The number of fused-ring (bicyclic) bond motifs is 3. The van der Waals surface area contributed by atoms with E-state index in [1.807, 2.05) is 39.0 Å². The molecule has 3 aromatic heterocycles. The number of carbonyl (C=O) groups excluding carboxylic acids is 1. The van der Waals surface area contributed by atoms with E-state index in [1.54, 1.807) is 11.3 Å². The number of pyridine rings is 1. The Kier molecular flexibility index (Phi) is 14.6. The Morgan fingerprint density at radius 2 is 1.56 bits per heavy atom. The summed E-state index contributed by atoms with van der Waals surface area (Å²) in [4.78, 5) is 17.9. The number of aliphatic hydroxyl groups excluding tert-OH is 1. The van der Waals surface area contributed by atoms with Gasteiger partial charge in [0.05, 0.1) is 5.76 Å². The molecule has 6 rings (SSSR count). The quantitative estimate of drug-likeness (QED) is 0.0800. The Bertz CT molecular complexity index is 2140. The van der Waals surface area contributed by atoms with Crippen LogP contribution in [0, 0.1) is 23.8 Å². The summed E-state index contributed by atoms with van der Waals surface area (Å²) in [7, 11) is 0. The molecule has 0 aliphatic heterocycles. The molecule has 0 amide bonds. The maximum Gasteiger partial charge on any atom is 0.162 e. The largest absolute Gasteiger partial charge is 0.512 e. The average Bonchev–Trinajstić information content (AvgIpc) is 3.75. The number of aliphatic hydroxyl groups is 1. The minimum atomic E-state index is 0. The number of allylic oxidation sites excluding steroid dienone is 2. The van der Waals surface area contributed by atoms with Crippen molar-refractivity contribution in [1.29, 1.82) is 0 Å². The van der Waals surface area contributed by atoms with Crippen LogP contribution in [0.15, 0.2) is 83.3 Å². The summed E-state index contributed by atoms with van der Waals surface area (Å²) in [5, 5.41) is 19.3. The first-order valence-corrected chi connectivity index (χ1v) is 20.4. The molecule has 0 fully saturated rings. The van der Waals surface area contributed by atoms with Gasteiger partial charge in [-0.3, -0.25) is 9.78 Å². The van der Waals surface area contributed by atoms with Crippen molar-refractivity contribution in [2.75, 3.05) is 0 Å². The summed E-state index contributed by atoms with van der Waals surface area (Å²) in [6.45, 7) is 19.5. The molecule has 1 radical (unpaired) electrons. The number of rotatable bonds is 11. The van der Waals surface area contributed by atoms with E-state index in [4.69, 9.17) is 4.98 Å². The number of benzene rings is 3. The van der Waals surface area contributed by atoms with Gasteiger partial charge >= 0.3 is 0 Å². The molecular formula is C46H54IrNO2S2-. The number of aromatic nitrogens is 1. The first kappa shape index (κ1) is 41.6. The molecule has 0 atom stereocenters. The Hall–Kier alpha value is -3.15. The van der Waals surface area contributed by atoms with Crippen LogP contribution in [0.1, 0.15) is 99.1 Å². The molecule has 0 saturated carbocycles. The van der Waals surface area contributed by atoms with Gasteiger partial charge in [0.1, 0.15) is 4.83 Å². The molecule has 0 unspecified atom stereocenters. The van der Waals surface area contributed by atoms with E-state index in [1.165, 1.54) is 49.2 Å². The number of hydrogen-bond donors (Lipinski definition) is 1. The third kappa shape index (κ3) is 9.49. The SMILES string of the molecule is CC(C)Cc1csc2cc(-c3cc(-c4[c-]c5ccccc5c(C(C)(C)C)c4)nc4sccc34)ccc12.CCC(CC)C(=O)/C=C(\O)C(CC)CC.[Ir]. The predicted molar refractivity (Wildman–Crippen MR) is 223 cm³/mol. The summed E-state index contributed by atoms with van der Waals surface area (Å²) in [6.07, 6.45) is 6.03. The van der Waals surface area contributed by atoms with Crippen LogP contribution in [0.25, 0.3) is 53.5 Å². The molecule has 277 valence electrons. The molecule has 6 aromatic rings. The van der Waals surface area contributed by atoms with Crippen molar-refractivity contribution in [1.82, 2.24) is 4.98 Å². The summed E-state index contributed by atoms with van der Waals surface area (Å²) in [6, 6.07) is 26.0. The van der Waals surface area contributed by atoms with Crippen molar-refractivity contribution in [2.45, 2.75) is 99.8 Å². The van der Waals surface area contributed by atoms with Gasteiger partial charge in [0, 0.05) is 53.8 Å². The molecule has 0 aliphatic carbocycles. The second kappa shape index (κ2) is 18.3. The second-order valence-corrected chi connectivity index (χ2v) is 17.0. The molecule has 6 heteroatoms. The average molecular weight is 909 g/mol. The van der Waals surface area contributed by atoms with Gasteiger partial charge in [-0.05, 0) is 88.4 Å². The van der Waals surface area contributed by atoms with Crippen molar-refractivity contribution in [3.8, 4) is 22.4 Å². The van der Waals surface area contributed by atoms with Crippen LogP contribution in [-0.2, 0) is 36.7 Å². The summed E-state index contributed by atoms with van der Waals surface area (Å²) < 4.78 is 1.36. The Balaban J connectivity index is 0.000000323. The van der Waals surface area contributed by atoms with Gasteiger partial charge in [0.25, 0.3) is 0 Å². The summed E-state index contributed by atoms with van der Waals surface area (Å²) in [5.41, 5.74) is 7.37. The van der Waals surface area contributed by atoms with Crippen molar-refractivity contribution >= 4 is 59.5 Å². The van der Waals surface area contributed by atoms with E-state index in [0.29, 0.717) is 5.92 Å². The zero-order chi connectivity index (χ0) is 36.9. The van der Waals surface area contributed by atoms with Gasteiger partial charge in [0.15, 0.2) is 5.78 Å². The zero-order valence-electron chi connectivity index (χ0n) is 32.2. The number of carbonyl (C=O) groups is 1. The van der Waals surface area contributed by atoms with Crippen LogP contribution in [0.3, 0.4) is 0 Å². The number of ketones is 1. The zero-order valence-corrected chi connectivity index (χ0v) is 36.3. The molecule has 3 nitrogen and oxygen atoms in total. The van der Waals surface area contributed by atoms with Crippen LogP contribution >= 0.6 is 22.7 Å². The van der Waals surface area contributed by atoms with E-state index in [-0.39, 0.29) is 48.9 Å². The van der Waals surface area contributed by atoms with Gasteiger partial charge in [-0.15, -0.1) is 51.8 Å². The standard InChI is InChI=1S/C33H30NS2.C13H24O2.Ir/c1-20(2)14-24-19-36-31-17-22(10-11-26(24)31)28-18-30(34-32-27(28)12-13-35-32)23-15-21-8-6-7-9-25(21)29(16-23)33(3,4)5;1-5-10(6-2)12(14)9-13(15)11(7-3)8-4;/h6-13,16-20H,14H2,1-5H3;9-11,14H,5-8H2,1-4H3;/q-1;;/b;12-9-;. The Morgan fingerprint density at radius 1 is 0.865 bits per heavy atom. The van der Waals surface area contributed by atoms with E-state index < -0.39 is 0 Å². The van der Waals surface area contributed by atoms with E-state index in [0.717, 1.165) is 53.6 Å². The molecule has 52 heavy (non-hydrogen) atoms. The van der Waals surface area contributed by atoms with Gasteiger partial charge in [-0.25, -0.2) is 0 Å². The van der Waals surface area contributed by atoms with Crippen molar-refractivity contribution in [2.24, 2.45) is 17.8 Å². The third-order valence-corrected chi connectivity index (χ3v) is 11.8. The number of thiophene rings is 2. The van der Waals surface area contributed by atoms with Crippen LogP contribution in [0.2, 0.25) is 0 Å². The number of hydrogen-bond acceptors (Lipinski definition) is 5. The molecule has 0 aliphatic rings. The van der Waals surface area contributed by atoms with Gasteiger partial charge < -0.3 is 5.11 Å². The van der Waals surface area contributed by atoms with Crippen LogP contribution in [0.5, 0.6) is 0 Å². The van der Waals surface area contributed by atoms with Gasteiger partial charge in [-0.1, -0.05) is 110 Å². The maximum absolute atomic E-state index is 11.7. The molecule has 0 spiro atoms. The molecule has 3 aromatic carbocycles. The fourth-order valence-electron chi connectivity index (χ4n) is 6.94. The fraction of sp³-hybridized carbons (Fsp3) is 0.391. The van der Waals surface area contributed by atoms with Crippen molar-refractivity contribution in [3.63, 3.8) is 0 Å². The summed E-state index contributed by atoms with van der Waals surface area (Å²) in [5.74, 6) is 1.21. The Labute approximate surface area is 333 Å². The normalized spacial score (nSPS) is 12.2. The van der Waals surface area contributed by atoms with E-state index in [2.05, 4.69) is 112 Å². The van der Waals surface area contributed by atoms with Crippen LogP contribution in [-0.4, -0.2) is 15.9 Å². The van der Waals surface area contributed by atoms with Gasteiger partial charge in [0.2, 0.25) is 0 Å². The van der Waals surface area contributed by atoms with Crippen molar-refractivity contribution < 1.29 is 30.0 Å². The molecule has 0 bridgehead atoms. The summed E-state index contributed by atoms with van der Waals surface area (Å²) >= 11 is 3.57. The Morgan fingerprint density at radius 3 is 2.21 bits per heavy atom. The van der Waals surface area contributed by atoms with Crippen LogP contribution < -0.4 is 0 Å². The van der Waals surface area contributed by atoms with E-state index in [9.17, 15) is 9.90 Å². The molecule has 1 N–H and O–H groups in total.